The topological polar surface area (TPSA) is 35.8 Å². The van der Waals surface area contributed by atoms with Crippen LogP contribution in [0.25, 0.3) is 0 Å². The van der Waals surface area contributed by atoms with Crippen molar-refractivity contribution in [1.29, 1.82) is 0 Å². The highest BCUT2D eigenvalue weighted by atomic mass is 16.4. The minimum atomic E-state index is 0.391. The Morgan fingerprint density at radius 3 is 2.67 bits per heavy atom. The lowest BCUT2D eigenvalue weighted by atomic mass is 9.97. The Morgan fingerprint density at radius 1 is 1.20 bits per heavy atom. The van der Waals surface area contributed by atoms with Crippen LogP contribution in [-0.4, -0.2) is 35.0 Å². The van der Waals surface area contributed by atoms with E-state index < -0.39 is 0 Å². The third kappa shape index (κ3) is 2.59. The molecule has 1 heterocycles. The van der Waals surface area contributed by atoms with Crippen molar-refractivity contribution < 1.29 is 5.21 Å². The van der Waals surface area contributed by atoms with E-state index in [1.54, 1.807) is 0 Å². The van der Waals surface area contributed by atoms with Crippen LogP contribution in [0, 0.1) is 0 Å². The number of oxime groups is 1. The SMILES string of the molecule is O/N=C1\CCC=CCC[C@H]1N1CCCC1. The summed E-state index contributed by atoms with van der Waals surface area (Å²) in [7, 11) is 0. The zero-order valence-corrected chi connectivity index (χ0v) is 9.23. The van der Waals surface area contributed by atoms with Crippen molar-refractivity contribution in [2.75, 3.05) is 13.1 Å². The van der Waals surface area contributed by atoms with Crippen molar-refractivity contribution >= 4 is 5.71 Å². The molecule has 84 valence electrons. The Hall–Kier alpha value is -0.830. The molecule has 3 heteroatoms. The number of allylic oxidation sites excluding steroid dienone is 2. The largest absolute Gasteiger partial charge is 0.411 e. The van der Waals surface area contributed by atoms with Crippen LogP contribution in [0.1, 0.15) is 38.5 Å². The highest BCUT2D eigenvalue weighted by molar-refractivity contribution is 5.89. The van der Waals surface area contributed by atoms with E-state index in [-0.39, 0.29) is 0 Å². The van der Waals surface area contributed by atoms with Crippen molar-refractivity contribution in [2.24, 2.45) is 5.16 Å². The van der Waals surface area contributed by atoms with Crippen molar-refractivity contribution in [2.45, 2.75) is 44.6 Å². The van der Waals surface area contributed by atoms with Gasteiger partial charge in [0.2, 0.25) is 0 Å². The van der Waals surface area contributed by atoms with Crippen LogP contribution in [0.5, 0.6) is 0 Å². The van der Waals surface area contributed by atoms with Crippen molar-refractivity contribution in [3.8, 4) is 0 Å². The molecule has 1 saturated heterocycles. The fourth-order valence-electron chi connectivity index (χ4n) is 2.62. The Balaban J connectivity index is 2.06. The Morgan fingerprint density at radius 2 is 1.93 bits per heavy atom. The van der Waals surface area contributed by atoms with Crippen LogP contribution in [0.3, 0.4) is 0 Å². The summed E-state index contributed by atoms with van der Waals surface area (Å²) in [5, 5.41) is 12.6. The second-order valence-electron chi connectivity index (χ2n) is 4.44. The number of nitrogens with zero attached hydrogens (tertiary/aromatic N) is 2. The maximum absolute atomic E-state index is 9.08. The molecule has 0 saturated carbocycles. The van der Waals surface area contributed by atoms with Gasteiger partial charge in [-0.2, -0.15) is 0 Å². The van der Waals surface area contributed by atoms with Crippen molar-refractivity contribution in [1.82, 2.24) is 4.90 Å². The fourth-order valence-corrected chi connectivity index (χ4v) is 2.62. The maximum atomic E-state index is 9.08. The highest BCUT2D eigenvalue weighted by Crippen LogP contribution is 2.20. The summed E-state index contributed by atoms with van der Waals surface area (Å²) in [5.74, 6) is 0. The van der Waals surface area contributed by atoms with E-state index in [1.807, 2.05) is 0 Å². The molecule has 0 aromatic heterocycles. The van der Waals surface area contributed by atoms with Crippen LogP contribution < -0.4 is 0 Å². The molecule has 0 aromatic carbocycles. The van der Waals surface area contributed by atoms with E-state index in [0.717, 1.165) is 31.4 Å². The van der Waals surface area contributed by atoms with Gasteiger partial charge in [-0.1, -0.05) is 17.3 Å². The third-order valence-electron chi connectivity index (χ3n) is 3.44. The first-order valence-electron chi connectivity index (χ1n) is 6.01. The molecular formula is C12H20N2O. The summed E-state index contributed by atoms with van der Waals surface area (Å²) in [6.45, 7) is 2.35. The first-order chi connectivity index (χ1) is 7.42. The predicted octanol–water partition coefficient (Wildman–Crippen LogP) is 2.41. The van der Waals surface area contributed by atoms with E-state index in [9.17, 15) is 0 Å². The average molecular weight is 208 g/mol. The molecule has 1 fully saturated rings. The van der Waals surface area contributed by atoms with E-state index >= 15 is 0 Å². The number of hydrogen-bond acceptors (Lipinski definition) is 3. The molecule has 0 radical (unpaired) electrons. The molecule has 0 unspecified atom stereocenters. The van der Waals surface area contributed by atoms with Crippen LogP contribution >= 0.6 is 0 Å². The quantitative estimate of drug-likeness (QED) is 0.408. The summed E-state index contributed by atoms with van der Waals surface area (Å²) in [6.07, 6.45) is 11.2. The van der Waals surface area contributed by atoms with Gasteiger partial charge < -0.3 is 5.21 Å². The molecule has 3 nitrogen and oxygen atoms in total. The number of likely N-dealkylation sites (tertiary alicyclic amines) is 1. The molecule has 1 aliphatic heterocycles. The average Bonchev–Trinajstić information content (AvgIpc) is 2.71. The lowest BCUT2D eigenvalue weighted by molar-refractivity contribution is 0.266. The van der Waals surface area contributed by atoms with Gasteiger partial charge in [-0.3, -0.25) is 4.90 Å². The molecule has 0 bridgehead atoms. The van der Waals surface area contributed by atoms with Crippen LogP contribution in [0.15, 0.2) is 17.3 Å². The van der Waals surface area contributed by atoms with Crippen LogP contribution in [0.4, 0.5) is 0 Å². The zero-order valence-electron chi connectivity index (χ0n) is 9.23. The van der Waals surface area contributed by atoms with Gasteiger partial charge in [0.25, 0.3) is 0 Å². The minimum Gasteiger partial charge on any atom is -0.411 e. The molecule has 15 heavy (non-hydrogen) atoms. The van der Waals surface area contributed by atoms with Gasteiger partial charge in [-0.15, -0.1) is 0 Å². The monoisotopic (exact) mass is 208 g/mol. The second-order valence-corrected chi connectivity index (χ2v) is 4.44. The first-order valence-corrected chi connectivity index (χ1v) is 6.01. The number of hydrogen-bond donors (Lipinski definition) is 1. The lowest BCUT2D eigenvalue weighted by Gasteiger charge is -2.28. The molecule has 1 aliphatic carbocycles. The summed E-state index contributed by atoms with van der Waals surface area (Å²) < 4.78 is 0. The molecule has 1 atom stereocenters. The summed E-state index contributed by atoms with van der Waals surface area (Å²) in [5.41, 5.74) is 0.987. The number of rotatable bonds is 1. The first kappa shape index (κ1) is 10.7. The summed E-state index contributed by atoms with van der Waals surface area (Å²) >= 11 is 0. The van der Waals surface area contributed by atoms with Gasteiger partial charge in [0.15, 0.2) is 0 Å². The molecule has 0 amide bonds. The molecule has 2 aliphatic rings. The van der Waals surface area contributed by atoms with Gasteiger partial charge in [0.1, 0.15) is 0 Å². The van der Waals surface area contributed by atoms with Gasteiger partial charge in [-0.05, 0) is 51.6 Å². The Bertz CT molecular complexity index is 254. The molecular weight excluding hydrogens is 188 g/mol. The lowest BCUT2D eigenvalue weighted by Crippen LogP contribution is -2.39. The van der Waals surface area contributed by atoms with E-state index in [2.05, 4.69) is 22.2 Å². The molecule has 0 spiro atoms. The Labute approximate surface area is 91.5 Å². The van der Waals surface area contributed by atoms with E-state index in [0.29, 0.717) is 6.04 Å². The van der Waals surface area contributed by atoms with Gasteiger partial charge >= 0.3 is 0 Å². The summed E-state index contributed by atoms with van der Waals surface area (Å²) in [4.78, 5) is 2.48. The second kappa shape index (κ2) is 5.31. The van der Waals surface area contributed by atoms with Crippen LogP contribution in [-0.2, 0) is 0 Å². The van der Waals surface area contributed by atoms with Gasteiger partial charge in [-0.25, -0.2) is 0 Å². The van der Waals surface area contributed by atoms with Crippen molar-refractivity contribution in [3.63, 3.8) is 0 Å². The zero-order chi connectivity index (χ0) is 10.5. The normalized spacial score (nSPS) is 31.7. The minimum absolute atomic E-state index is 0.391. The molecule has 0 aromatic rings. The van der Waals surface area contributed by atoms with Crippen LogP contribution in [0.2, 0.25) is 0 Å². The Kier molecular flexibility index (Phi) is 3.78. The third-order valence-corrected chi connectivity index (χ3v) is 3.44. The van der Waals surface area contributed by atoms with Gasteiger partial charge in [0.05, 0.1) is 11.8 Å². The molecule has 2 rings (SSSR count). The predicted molar refractivity (Wildman–Crippen MR) is 61.4 cm³/mol. The smallest absolute Gasteiger partial charge is 0.0745 e. The maximum Gasteiger partial charge on any atom is 0.0745 e. The van der Waals surface area contributed by atoms with E-state index in [4.69, 9.17) is 5.21 Å². The molecule has 1 N–H and O–H groups in total. The standard InChI is InChI=1S/C12H20N2O/c15-13-11-7-3-1-2-4-8-12(11)14-9-5-6-10-14/h1-2,12,15H,3-10H2/b2-1?,13-11+/t12-/m1/s1. The highest BCUT2D eigenvalue weighted by Gasteiger charge is 2.26. The van der Waals surface area contributed by atoms with E-state index in [1.165, 1.54) is 25.9 Å². The van der Waals surface area contributed by atoms with Crippen molar-refractivity contribution in [3.05, 3.63) is 12.2 Å². The van der Waals surface area contributed by atoms with Gasteiger partial charge in [0, 0.05) is 0 Å². The summed E-state index contributed by atoms with van der Waals surface area (Å²) in [6, 6.07) is 0.391. The fraction of sp³-hybridized carbons (Fsp3) is 0.750.